The van der Waals surface area contributed by atoms with E-state index in [1.165, 1.54) is 0 Å². The van der Waals surface area contributed by atoms with Crippen molar-refractivity contribution < 1.29 is 37.3 Å². The third kappa shape index (κ3) is 33.1. The van der Waals surface area contributed by atoms with Crippen molar-refractivity contribution in [1.29, 1.82) is 0 Å². The molecule has 0 bridgehead atoms. The average Bonchev–Trinajstić information content (AvgIpc) is 2.97. The van der Waals surface area contributed by atoms with Crippen molar-refractivity contribution >= 4 is 13.8 Å². The number of phosphoric ester groups is 1. The zero-order valence-corrected chi connectivity index (χ0v) is 29.7. The number of rotatable bonds is 29. The van der Waals surface area contributed by atoms with Gasteiger partial charge >= 0.3 is 13.8 Å². The van der Waals surface area contributed by atoms with Crippen LogP contribution < -0.4 is 0 Å². The minimum Gasteiger partial charge on any atom is -0.457 e. The van der Waals surface area contributed by atoms with E-state index in [2.05, 4.69) is 79.8 Å². The van der Waals surface area contributed by atoms with Crippen molar-refractivity contribution in [3.05, 3.63) is 72.9 Å². The number of quaternary nitrogens is 1. The largest absolute Gasteiger partial charge is 0.472 e. The Hall–Kier alpha value is -2.06. The number of likely N-dealkylation sites (N-methyl/N-ethyl adjacent to an activating group) is 1. The molecule has 0 aliphatic carbocycles. The SMILES string of the molecule is CC/C=C\C/C=C\C/C=C\C/C=C\C/C=C\C/C=C\CCCCCOCC(COP(=O)(O)OCC[N+](C)(C)C)OC(=O)CCC. The molecule has 0 saturated carbocycles. The standard InChI is InChI=1S/C36H62NO7P/c1-6-8-9-10-11-12-13-14-15-16-17-18-19-20-21-22-23-24-25-26-27-28-31-41-33-35(44-36(38)29-7-2)34-43-45(39,40)42-32-30-37(3,4)5/h8-9,11-12,14-15,17-18,20-21,23-24,35H,6-7,10,13,16,19,22,25-34H2,1-5H3/p+1/b9-8-,12-11-,15-14-,18-17-,21-20-,24-23-. The normalized spacial score (nSPS) is 15.1. The van der Waals surface area contributed by atoms with Crippen LogP contribution in [0.5, 0.6) is 0 Å². The summed E-state index contributed by atoms with van der Waals surface area (Å²) in [5, 5.41) is 0. The molecule has 2 unspecified atom stereocenters. The Labute approximate surface area is 274 Å². The molecule has 8 nitrogen and oxygen atoms in total. The fourth-order valence-electron chi connectivity index (χ4n) is 3.71. The minimum absolute atomic E-state index is 0.0760. The number of carbonyl (C=O) groups is 1. The predicted octanol–water partition coefficient (Wildman–Crippen LogP) is 8.81. The van der Waals surface area contributed by atoms with Crippen LogP contribution in [0.25, 0.3) is 0 Å². The minimum atomic E-state index is -4.25. The lowest BCUT2D eigenvalue weighted by Crippen LogP contribution is -2.37. The fraction of sp³-hybridized carbons (Fsp3) is 0.639. The highest BCUT2D eigenvalue weighted by atomic mass is 31.2. The van der Waals surface area contributed by atoms with Gasteiger partial charge in [-0.05, 0) is 64.2 Å². The van der Waals surface area contributed by atoms with E-state index in [0.717, 1.165) is 64.2 Å². The Kier molecular flexibility index (Phi) is 28.0. The Bertz CT molecular complexity index is 948. The van der Waals surface area contributed by atoms with Crippen LogP contribution in [0.4, 0.5) is 0 Å². The van der Waals surface area contributed by atoms with E-state index >= 15 is 0 Å². The van der Waals surface area contributed by atoms with Gasteiger partial charge in [0.25, 0.3) is 0 Å². The lowest BCUT2D eigenvalue weighted by atomic mass is 10.2. The number of carbonyl (C=O) groups excluding carboxylic acids is 1. The first-order valence-electron chi connectivity index (χ1n) is 16.7. The van der Waals surface area contributed by atoms with Gasteiger partial charge in [0.15, 0.2) is 0 Å². The first kappa shape index (κ1) is 42.9. The van der Waals surface area contributed by atoms with E-state index in [4.69, 9.17) is 18.5 Å². The van der Waals surface area contributed by atoms with Gasteiger partial charge in [-0.25, -0.2) is 4.57 Å². The fourth-order valence-corrected chi connectivity index (χ4v) is 4.45. The van der Waals surface area contributed by atoms with Crippen molar-refractivity contribution in [3.8, 4) is 0 Å². The van der Waals surface area contributed by atoms with Crippen molar-refractivity contribution in [3.63, 3.8) is 0 Å². The van der Waals surface area contributed by atoms with Crippen molar-refractivity contribution in [1.82, 2.24) is 0 Å². The molecule has 0 aromatic heterocycles. The molecule has 0 rings (SSSR count). The maximum atomic E-state index is 12.2. The zero-order chi connectivity index (χ0) is 33.5. The molecule has 0 saturated heterocycles. The molecule has 0 fully saturated rings. The summed E-state index contributed by atoms with van der Waals surface area (Å²) in [5.41, 5.74) is 0. The Morgan fingerprint density at radius 1 is 0.711 bits per heavy atom. The smallest absolute Gasteiger partial charge is 0.457 e. The number of hydrogen-bond acceptors (Lipinski definition) is 6. The molecule has 45 heavy (non-hydrogen) atoms. The molecule has 0 radical (unpaired) electrons. The lowest BCUT2D eigenvalue weighted by Gasteiger charge is -2.24. The van der Waals surface area contributed by atoms with Gasteiger partial charge in [-0.15, -0.1) is 0 Å². The molecule has 0 aromatic rings. The number of hydrogen-bond donors (Lipinski definition) is 1. The summed E-state index contributed by atoms with van der Waals surface area (Å²) in [6.07, 6.45) is 36.6. The lowest BCUT2D eigenvalue weighted by molar-refractivity contribution is -0.870. The van der Waals surface area contributed by atoms with Gasteiger partial charge in [0.1, 0.15) is 19.3 Å². The summed E-state index contributed by atoms with van der Waals surface area (Å²) >= 11 is 0. The van der Waals surface area contributed by atoms with E-state index in [1.54, 1.807) is 0 Å². The number of nitrogens with zero attached hydrogens (tertiary/aromatic N) is 1. The summed E-state index contributed by atoms with van der Waals surface area (Å²) < 4.78 is 34.0. The highest BCUT2D eigenvalue weighted by Gasteiger charge is 2.26. The van der Waals surface area contributed by atoms with Crippen LogP contribution in [-0.4, -0.2) is 75.6 Å². The zero-order valence-electron chi connectivity index (χ0n) is 28.8. The molecule has 0 heterocycles. The summed E-state index contributed by atoms with van der Waals surface area (Å²) in [6, 6.07) is 0. The van der Waals surface area contributed by atoms with Crippen LogP contribution in [-0.2, 0) is 27.9 Å². The van der Waals surface area contributed by atoms with Crippen LogP contribution in [0.2, 0.25) is 0 Å². The topological polar surface area (TPSA) is 91.3 Å². The van der Waals surface area contributed by atoms with E-state index in [9.17, 15) is 14.3 Å². The molecule has 9 heteroatoms. The first-order valence-corrected chi connectivity index (χ1v) is 18.2. The van der Waals surface area contributed by atoms with Crippen LogP contribution in [0.1, 0.15) is 90.9 Å². The van der Waals surface area contributed by atoms with Gasteiger partial charge in [-0.2, -0.15) is 0 Å². The van der Waals surface area contributed by atoms with E-state index in [0.29, 0.717) is 24.1 Å². The molecule has 2 atom stereocenters. The number of ether oxygens (including phenoxy) is 2. The van der Waals surface area contributed by atoms with Gasteiger partial charge in [0.2, 0.25) is 0 Å². The molecular formula is C36H63NO7P+. The van der Waals surface area contributed by atoms with Crippen LogP contribution >= 0.6 is 7.82 Å². The van der Waals surface area contributed by atoms with Crippen LogP contribution in [0, 0.1) is 0 Å². The second-order valence-electron chi connectivity index (χ2n) is 11.8. The maximum absolute atomic E-state index is 12.2. The average molecular weight is 653 g/mol. The first-order chi connectivity index (χ1) is 21.6. The Morgan fingerprint density at radius 2 is 1.24 bits per heavy atom. The maximum Gasteiger partial charge on any atom is 0.472 e. The molecule has 0 aromatic carbocycles. The van der Waals surface area contributed by atoms with Gasteiger partial charge in [-0.1, -0.05) is 93.2 Å². The molecule has 258 valence electrons. The van der Waals surface area contributed by atoms with Gasteiger partial charge in [-0.3, -0.25) is 13.8 Å². The molecule has 1 N–H and O–H groups in total. The molecule has 0 aliphatic rings. The third-order valence-electron chi connectivity index (χ3n) is 6.25. The van der Waals surface area contributed by atoms with E-state index < -0.39 is 13.9 Å². The number of esters is 1. The molecular weight excluding hydrogens is 589 g/mol. The summed E-state index contributed by atoms with van der Waals surface area (Å²) in [4.78, 5) is 21.9. The quantitative estimate of drug-likeness (QED) is 0.0284. The number of allylic oxidation sites excluding steroid dienone is 12. The third-order valence-corrected chi connectivity index (χ3v) is 7.24. The predicted molar refractivity (Wildman–Crippen MR) is 187 cm³/mol. The highest BCUT2D eigenvalue weighted by Crippen LogP contribution is 2.43. The highest BCUT2D eigenvalue weighted by molar-refractivity contribution is 7.47. The Balaban J connectivity index is 4.01. The van der Waals surface area contributed by atoms with Crippen LogP contribution in [0.15, 0.2) is 72.9 Å². The Morgan fingerprint density at radius 3 is 1.76 bits per heavy atom. The van der Waals surface area contributed by atoms with E-state index in [1.807, 2.05) is 28.1 Å². The second-order valence-corrected chi connectivity index (χ2v) is 13.3. The van der Waals surface area contributed by atoms with E-state index in [-0.39, 0.29) is 32.2 Å². The van der Waals surface area contributed by atoms with Crippen molar-refractivity contribution in [2.75, 3.05) is 54.1 Å². The molecule has 0 spiro atoms. The number of unbranched alkanes of at least 4 members (excludes halogenated alkanes) is 3. The van der Waals surface area contributed by atoms with Crippen molar-refractivity contribution in [2.24, 2.45) is 0 Å². The van der Waals surface area contributed by atoms with Gasteiger partial charge in [0.05, 0.1) is 34.4 Å². The summed E-state index contributed by atoms with van der Waals surface area (Å²) in [5.74, 6) is -0.384. The second kappa shape index (κ2) is 29.3. The number of phosphoric acid groups is 1. The molecule has 0 amide bonds. The van der Waals surface area contributed by atoms with Gasteiger partial charge in [0, 0.05) is 13.0 Å². The van der Waals surface area contributed by atoms with Crippen molar-refractivity contribution in [2.45, 2.75) is 97.0 Å². The molecule has 0 aliphatic heterocycles. The summed E-state index contributed by atoms with van der Waals surface area (Å²) in [6.45, 7) is 5.00. The van der Waals surface area contributed by atoms with Gasteiger partial charge < -0.3 is 18.9 Å². The monoisotopic (exact) mass is 652 g/mol. The van der Waals surface area contributed by atoms with Crippen LogP contribution in [0.3, 0.4) is 0 Å². The summed E-state index contributed by atoms with van der Waals surface area (Å²) in [7, 11) is 1.62.